The molecular weight excluding hydrogens is 416 g/mol. The number of carbonyl (C=O) groups is 1. The molecule has 0 unspecified atom stereocenters. The van der Waals surface area contributed by atoms with Gasteiger partial charge < -0.3 is 15.0 Å². The fourth-order valence-corrected chi connectivity index (χ4v) is 3.87. The molecular formula is C23H27BrN2O2. The van der Waals surface area contributed by atoms with E-state index in [2.05, 4.69) is 68.6 Å². The first kappa shape index (κ1) is 20.6. The van der Waals surface area contributed by atoms with Crippen molar-refractivity contribution in [3.8, 4) is 0 Å². The summed E-state index contributed by atoms with van der Waals surface area (Å²) in [5.41, 5.74) is 5.40. The van der Waals surface area contributed by atoms with E-state index in [0.717, 1.165) is 36.8 Å². The van der Waals surface area contributed by atoms with Gasteiger partial charge in [0.15, 0.2) is 0 Å². The van der Waals surface area contributed by atoms with Crippen LogP contribution in [-0.2, 0) is 22.4 Å². The Morgan fingerprint density at radius 1 is 1.18 bits per heavy atom. The molecule has 4 nitrogen and oxygen atoms in total. The van der Waals surface area contributed by atoms with Gasteiger partial charge in [0.25, 0.3) is 0 Å². The number of halogens is 1. The van der Waals surface area contributed by atoms with Crippen LogP contribution in [0.5, 0.6) is 0 Å². The van der Waals surface area contributed by atoms with Gasteiger partial charge in [-0.3, -0.25) is 0 Å². The van der Waals surface area contributed by atoms with Gasteiger partial charge in [-0.2, -0.15) is 0 Å². The zero-order valence-corrected chi connectivity index (χ0v) is 17.9. The number of fused-ring (bicyclic) bond motifs is 2. The summed E-state index contributed by atoms with van der Waals surface area (Å²) in [6.45, 7) is 4.70. The highest BCUT2D eigenvalue weighted by Crippen LogP contribution is 2.37. The number of anilines is 2. The molecule has 0 saturated heterocycles. The van der Waals surface area contributed by atoms with Gasteiger partial charge >= 0.3 is 5.97 Å². The molecule has 0 saturated carbocycles. The van der Waals surface area contributed by atoms with Crippen LogP contribution in [0.4, 0.5) is 11.4 Å². The number of nitrogens with one attached hydrogen (secondary N) is 1. The number of nitrogens with zero attached hydrogens (tertiary/aromatic N) is 1. The number of benzene rings is 2. The van der Waals surface area contributed by atoms with E-state index in [1.54, 1.807) is 0 Å². The van der Waals surface area contributed by atoms with Crippen LogP contribution in [0.1, 0.15) is 24.5 Å². The zero-order valence-electron chi connectivity index (χ0n) is 16.3. The van der Waals surface area contributed by atoms with Crippen LogP contribution >= 0.6 is 15.9 Å². The van der Waals surface area contributed by atoms with E-state index in [-0.39, 0.29) is 5.97 Å². The maximum atomic E-state index is 11.3. The third-order valence-corrected chi connectivity index (χ3v) is 5.32. The van der Waals surface area contributed by atoms with E-state index < -0.39 is 0 Å². The molecule has 2 aromatic rings. The van der Waals surface area contributed by atoms with Crippen LogP contribution in [-0.4, -0.2) is 32.2 Å². The van der Waals surface area contributed by atoms with Crippen molar-refractivity contribution >= 4 is 33.3 Å². The van der Waals surface area contributed by atoms with Crippen molar-refractivity contribution < 1.29 is 9.53 Å². The number of carbonyl (C=O) groups excluding carboxylic acids is 1. The number of hydrogen-bond donors (Lipinski definition) is 1. The fourth-order valence-electron chi connectivity index (χ4n) is 3.52. The summed E-state index contributed by atoms with van der Waals surface area (Å²) in [5.74, 6) is -0.285. The van der Waals surface area contributed by atoms with Crippen molar-refractivity contribution in [1.82, 2.24) is 5.32 Å². The molecule has 28 heavy (non-hydrogen) atoms. The quantitative estimate of drug-likeness (QED) is 0.362. The maximum absolute atomic E-state index is 11.3. The maximum Gasteiger partial charge on any atom is 0.330 e. The Hall–Kier alpha value is -2.11. The summed E-state index contributed by atoms with van der Waals surface area (Å²) in [6.07, 6.45) is 6.43. The van der Waals surface area contributed by atoms with Crippen molar-refractivity contribution in [1.29, 1.82) is 0 Å². The van der Waals surface area contributed by atoms with Crippen LogP contribution in [0.3, 0.4) is 0 Å². The van der Waals surface area contributed by atoms with Gasteiger partial charge in [-0.25, -0.2) is 4.79 Å². The number of rotatable bonds is 8. The molecule has 5 heteroatoms. The van der Waals surface area contributed by atoms with E-state index in [4.69, 9.17) is 4.74 Å². The Morgan fingerprint density at radius 3 is 2.79 bits per heavy atom. The van der Waals surface area contributed by atoms with Gasteiger partial charge in [0.2, 0.25) is 0 Å². The monoisotopic (exact) mass is 442 g/mol. The third kappa shape index (κ3) is 5.46. The largest absolute Gasteiger partial charge is 0.463 e. The Kier molecular flexibility index (Phi) is 7.69. The predicted molar refractivity (Wildman–Crippen MR) is 118 cm³/mol. The normalized spacial score (nSPS) is 13.1. The van der Waals surface area contributed by atoms with Crippen LogP contribution < -0.4 is 10.2 Å². The van der Waals surface area contributed by atoms with Gasteiger partial charge in [-0.15, -0.1) is 0 Å². The molecule has 2 aromatic carbocycles. The van der Waals surface area contributed by atoms with Crippen molar-refractivity contribution in [2.45, 2.75) is 26.2 Å². The molecule has 1 N–H and O–H groups in total. The molecule has 0 radical (unpaired) electrons. The average molecular weight is 443 g/mol. The molecule has 0 aliphatic carbocycles. The third-order valence-electron chi connectivity index (χ3n) is 4.82. The molecule has 0 aromatic heterocycles. The molecule has 0 amide bonds. The van der Waals surface area contributed by atoms with E-state index in [1.165, 1.54) is 28.6 Å². The van der Waals surface area contributed by atoms with E-state index in [0.29, 0.717) is 13.2 Å². The number of aryl methyl sites for hydroxylation is 2. The molecule has 148 valence electrons. The first-order valence-electron chi connectivity index (χ1n) is 9.87. The second-order valence-electron chi connectivity index (χ2n) is 6.77. The summed E-state index contributed by atoms with van der Waals surface area (Å²) in [5, 5.41) is 3.37. The summed E-state index contributed by atoms with van der Waals surface area (Å²) in [7, 11) is 0. The van der Waals surface area contributed by atoms with Crippen LogP contribution in [0, 0.1) is 0 Å². The Labute approximate surface area is 175 Å². The van der Waals surface area contributed by atoms with Crippen LogP contribution in [0.15, 0.2) is 59.1 Å². The van der Waals surface area contributed by atoms with Crippen molar-refractivity contribution in [3.05, 3.63) is 70.2 Å². The average Bonchev–Trinajstić information content (AvgIpc) is 2.84. The lowest BCUT2D eigenvalue weighted by atomic mass is 10.0. The smallest absolute Gasteiger partial charge is 0.330 e. The number of hydrogen-bond acceptors (Lipinski definition) is 4. The van der Waals surface area contributed by atoms with Crippen molar-refractivity contribution in [2.75, 3.05) is 31.1 Å². The van der Waals surface area contributed by atoms with Gasteiger partial charge in [0.1, 0.15) is 0 Å². The molecule has 0 fully saturated rings. The number of esters is 1. The molecule has 0 spiro atoms. The highest BCUT2D eigenvalue weighted by Gasteiger charge is 2.20. The Morgan fingerprint density at radius 2 is 1.96 bits per heavy atom. The molecule has 1 heterocycles. The van der Waals surface area contributed by atoms with Crippen LogP contribution in [0.25, 0.3) is 0 Å². The minimum Gasteiger partial charge on any atom is -0.463 e. The highest BCUT2D eigenvalue weighted by molar-refractivity contribution is 9.10. The van der Waals surface area contributed by atoms with Crippen molar-refractivity contribution in [3.63, 3.8) is 0 Å². The Bertz CT molecular complexity index is 835. The van der Waals surface area contributed by atoms with Gasteiger partial charge in [0.05, 0.1) is 6.61 Å². The van der Waals surface area contributed by atoms with Crippen LogP contribution in [0.2, 0.25) is 0 Å². The highest BCUT2D eigenvalue weighted by atomic mass is 79.9. The molecule has 0 atom stereocenters. The Balaban J connectivity index is 1.62. The SMILES string of the molecule is CCOC(=O)/C=C/CNCCCN1c2ccccc2CCc2ccc(Br)cc21. The van der Waals surface area contributed by atoms with Gasteiger partial charge in [-0.1, -0.05) is 46.3 Å². The fraction of sp³-hybridized carbons (Fsp3) is 0.348. The summed E-state index contributed by atoms with van der Waals surface area (Å²) < 4.78 is 5.98. The van der Waals surface area contributed by atoms with E-state index in [1.807, 2.05) is 13.0 Å². The number of ether oxygens (including phenoxy) is 1. The minimum atomic E-state index is -0.285. The second kappa shape index (κ2) is 10.4. The first-order valence-corrected chi connectivity index (χ1v) is 10.7. The predicted octanol–water partition coefficient (Wildman–Crippen LogP) is 4.78. The van der Waals surface area contributed by atoms with E-state index >= 15 is 0 Å². The summed E-state index contributed by atoms with van der Waals surface area (Å²) in [4.78, 5) is 13.7. The molecule has 1 aliphatic heterocycles. The summed E-state index contributed by atoms with van der Waals surface area (Å²) in [6, 6.07) is 15.3. The van der Waals surface area contributed by atoms with Gasteiger partial charge in [-0.05, 0) is 62.1 Å². The molecule has 1 aliphatic rings. The van der Waals surface area contributed by atoms with Gasteiger partial charge in [0, 0.05) is 35.0 Å². The second-order valence-corrected chi connectivity index (χ2v) is 7.68. The van der Waals surface area contributed by atoms with Crippen molar-refractivity contribution in [2.24, 2.45) is 0 Å². The lowest BCUT2D eigenvalue weighted by Crippen LogP contribution is -2.24. The molecule has 0 bridgehead atoms. The van der Waals surface area contributed by atoms with E-state index in [9.17, 15) is 4.79 Å². The lowest BCUT2D eigenvalue weighted by molar-refractivity contribution is -0.137. The molecule has 3 rings (SSSR count). The zero-order chi connectivity index (χ0) is 19.8. The summed E-state index contributed by atoms with van der Waals surface area (Å²) >= 11 is 3.63. The minimum absolute atomic E-state index is 0.285. The number of para-hydroxylation sites is 1. The topological polar surface area (TPSA) is 41.6 Å². The lowest BCUT2D eigenvalue weighted by Gasteiger charge is -2.27. The first-order chi connectivity index (χ1) is 13.7. The standard InChI is InChI=1S/C23H27BrN2O2/c1-2-28-23(27)9-5-14-25-15-6-16-26-21-8-4-3-7-18(21)10-11-19-12-13-20(24)17-22(19)26/h3-5,7-9,12-13,17,25H,2,6,10-11,14-16H2,1H3/b9-5+.